The highest BCUT2D eigenvalue weighted by Gasteiger charge is 1.93. The summed E-state index contributed by atoms with van der Waals surface area (Å²) in [6.45, 7) is 3.80. The van der Waals surface area contributed by atoms with Gasteiger partial charge in [0.2, 0.25) is 0 Å². The first-order chi connectivity index (χ1) is 6.83. The predicted molar refractivity (Wildman–Crippen MR) is 57.5 cm³/mol. The summed E-state index contributed by atoms with van der Waals surface area (Å²) >= 11 is 0. The zero-order valence-corrected chi connectivity index (χ0v) is 8.70. The quantitative estimate of drug-likeness (QED) is 0.705. The first-order valence-corrected chi connectivity index (χ1v) is 5.18. The normalized spacial score (nSPS) is 10.4. The maximum absolute atomic E-state index is 9.07. The molecule has 0 aliphatic rings. The second-order valence-corrected chi connectivity index (χ2v) is 3.38. The van der Waals surface area contributed by atoms with Crippen LogP contribution in [-0.2, 0) is 11.2 Å². The third-order valence-corrected chi connectivity index (χ3v) is 2.04. The molecule has 2 heteroatoms. The average Bonchev–Trinajstić information content (AvgIpc) is 2.21. The van der Waals surface area contributed by atoms with Crippen molar-refractivity contribution in [3.8, 4) is 5.75 Å². The minimum atomic E-state index is 0.330. The van der Waals surface area contributed by atoms with E-state index in [1.807, 2.05) is 12.1 Å². The standard InChI is InChI=1S/C12H18O2/c1-2-9-14-10-3-4-11-5-7-12(13)8-6-11/h5-8,13H,2-4,9-10H2,1H3. The lowest BCUT2D eigenvalue weighted by molar-refractivity contribution is 0.132. The molecule has 0 aliphatic carbocycles. The van der Waals surface area contributed by atoms with E-state index in [1.54, 1.807) is 12.1 Å². The lowest BCUT2D eigenvalue weighted by Crippen LogP contribution is -1.97. The van der Waals surface area contributed by atoms with Crippen molar-refractivity contribution < 1.29 is 9.84 Å². The van der Waals surface area contributed by atoms with Crippen molar-refractivity contribution in [3.05, 3.63) is 29.8 Å². The molecule has 0 spiro atoms. The third kappa shape index (κ3) is 4.28. The maximum atomic E-state index is 9.07. The van der Waals surface area contributed by atoms with Gasteiger partial charge in [-0.15, -0.1) is 0 Å². The molecular weight excluding hydrogens is 176 g/mol. The minimum absolute atomic E-state index is 0.330. The second-order valence-electron chi connectivity index (χ2n) is 3.38. The maximum Gasteiger partial charge on any atom is 0.115 e. The molecule has 0 heterocycles. The molecule has 0 saturated carbocycles. The Bertz CT molecular complexity index is 241. The van der Waals surface area contributed by atoms with Gasteiger partial charge in [0.05, 0.1) is 0 Å². The van der Waals surface area contributed by atoms with Crippen LogP contribution in [0.25, 0.3) is 0 Å². The molecule has 0 saturated heterocycles. The van der Waals surface area contributed by atoms with Gasteiger partial charge in [-0.1, -0.05) is 19.1 Å². The molecule has 0 aliphatic heterocycles. The van der Waals surface area contributed by atoms with Crippen molar-refractivity contribution in [3.63, 3.8) is 0 Å². The largest absolute Gasteiger partial charge is 0.508 e. The molecule has 2 nitrogen and oxygen atoms in total. The van der Waals surface area contributed by atoms with Gasteiger partial charge in [0.15, 0.2) is 0 Å². The van der Waals surface area contributed by atoms with E-state index in [-0.39, 0.29) is 0 Å². The van der Waals surface area contributed by atoms with Crippen molar-refractivity contribution >= 4 is 0 Å². The molecular formula is C12H18O2. The number of phenols is 1. The summed E-state index contributed by atoms with van der Waals surface area (Å²) in [6, 6.07) is 7.36. The van der Waals surface area contributed by atoms with Gasteiger partial charge in [-0.25, -0.2) is 0 Å². The fourth-order valence-electron chi connectivity index (χ4n) is 1.29. The minimum Gasteiger partial charge on any atom is -0.508 e. The Morgan fingerprint density at radius 1 is 1.14 bits per heavy atom. The van der Waals surface area contributed by atoms with Crippen LogP contribution < -0.4 is 0 Å². The van der Waals surface area contributed by atoms with Crippen molar-refractivity contribution in [1.29, 1.82) is 0 Å². The van der Waals surface area contributed by atoms with Gasteiger partial charge in [-0.2, -0.15) is 0 Å². The Labute approximate surface area is 85.5 Å². The van der Waals surface area contributed by atoms with Crippen LogP contribution in [0.3, 0.4) is 0 Å². The Morgan fingerprint density at radius 2 is 1.86 bits per heavy atom. The predicted octanol–water partition coefficient (Wildman–Crippen LogP) is 2.75. The number of aromatic hydroxyl groups is 1. The fourth-order valence-corrected chi connectivity index (χ4v) is 1.29. The van der Waals surface area contributed by atoms with Crippen LogP contribution in [-0.4, -0.2) is 18.3 Å². The zero-order chi connectivity index (χ0) is 10.2. The van der Waals surface area contributed by atoms with E-state index in [9.17, 15) is 0 Å². The van der Waals surface area contributed by atoms with Crippen LogP contribution in [0.1, 0.15) is 25.3 Å². The van der Waals surface area contributed by atoms with E-state index in [2.05, 4.69) is 6.92 Å². The Kier molecular flexibility index (Phi) is 5.08. The number of rotatable bonds is 6. The smallest absolute Gasteiger partial charge is 0.115 e. The Morgan fingerprint density at radius 3 is 2.50 bits per heavy atom. The van der Waals surface area contributed by atoms with Gasteiger partial charge in [0.1, 0.15) is 5.75 Å². The van der Waals surface area contributed by atoms with Gasteiger partial charge >= 0.3 is 0 Å². The van der Waals surface area contributed by atoms with Crippen LogP contribution in [0, 0.1) is 0 Å². The van der Waals surface area contributed by atoms with Crippen molar-refractivity contribution in [2.45, 2.75) is 26.2 Å². The number of phenolic OH excluding ortho intramolecular Hbond substituents is 1. The summed E-state index contributed by atoms with van der Waals surface area (Å²) in [5, 5.41) is 9.07. The van der Waals surface area contributed by atoms with Gasteiger partial charge in [-0.3, -0.25) is 0 Å². The van der Waals surface area contributed by atoms with Gasteiger partial charge in [-0.05, 0) is 37.0 Å². The fraction of sp³-hybridized carbons (Fsp3) is 0.500. The highest BCUT2D eigenvalue weighted by molar-refractivity contribution is 5.25. The van der Waals surface area contributed by atoms with Crippen molar-refractivity contribution in [2.24, 2.45) is 0 Å². The molecule has 1 rings (SSSR count). The first-order valence-electron chi connectivity index (χ1n) is 5.18. The molecule has 0 atom stereocenters. The number of aryl methyl sites for hydroxylation is 1. The Hall–Kier alpha value is -1.02. The summed E-state index contributed by atoms with van der Waals surface area (Å²) < 4.78 is 5.38. The SMILES string of the molecule is CCCOCCCc1ccc(O)cc1. The van der Waals surface area contributed by atoms with Crippen LogP contribution in [0.4, 0.5) is 0 Å². The van der Waals surface area contributed by atoms with Crippen LogP contribution in [0.2, 0.25) is 0 Å². The highest BCUT2D eigenvalue weighted by Crippen LogP contribution is 2.10. The summed E-state index contributed by atoms with van der Waals surface area (Å²) in [6.07, 6.45) is 3.15. The topological polar surface area (TPSA) is 29.5 Å². The summed E-state index contributed by atoms with van der Waals surface area (Å²) in [5.41, 5.74) is 1.25. The molecule has 0 bridgehead atoms. The van der Waals surface area contributed by atoms with Gasteiger partial charge < -0.3 is 9.84 Å². The van der Waals surface area contributed by atoms with Crippen molar-refractivity contribution in [2.75, 3.05) is 13.2 Å². The first kappa shape index (κ1) is 11.1. The third-order valence-electron chi connectivity index (χ3n) is 2.04. The number of hydrogen-bond donors (Lipinski definition) is 1. The summed E-state index contributed by atoms with van der Waals surface area (Å²) in [7, 11) is 0. The van der Waals surface area contributed by atoms with E-state index in [0.29, 0.717) is 5.75 Å². The van der Waals surface area contributed by atoms with E-state index in [4.69, 9.17) is 9.84 Å². The van der Waals surface area contributed by atoms with Gasteiger partial charge in [0, 0.05) is 13.2 Å². The zero-order valence-electron chi connectivity index (χ0n) is 8.70. The highest BCUT2D eigenvalue weighted by atomic mass is 16.5. The summed E-state index contributed by atoms with van der Waals surface area (Å²) in [5.74, 6) is 0.330. The van der Waals surface area contributed by atoms with Crippen LogP contribution >= 0.6 is 0 Å². The lowest BCUT2D eigenvalue weighted by atomic mass is 10.1. The molecule has 78 valence electrons. The number of hydrogen-bond acceptors (Lipinski definition) is 2. The van der Waals surface area contributed by atoms with E-state index in [0.717, 1.165) is 32.5 Å². The average molecular weight is 194 g/mol. The molecule has 1 N–H and O–H groups in total. The van der Waals surface area contributed by atoms with Crippen LogP contribution in [0.15, 0.2) is 24.3 Å². The molecule has 0 unspecified atom stereocenters. The van der Waals surface area contributed by atoms with Crippen molar-refractivity contribution in [1.82, 2.24) is 0 Å². The monoisotopic (exact) mass is 194 g/mol. The Balaban J connectivity index is 2.15. The number of benzene rings is 1. The van der Waals surface area contributed by atoms with E-state index >= 15 is 0 Å². The molecule has 0 aromatic heterocycles. The van der Waals surface area contributed by atoms with E-state index < -0.39 is 0 Å². The van der Waals surface area contributed by atoms with Crippen LogP contribution in [0.5, 0.6) is 5.75 Å². The second kappa shape index (κ2) is 6.44. The molecule has 1 aromatic rings. The molecule has 0 radical (unpaired) electrons. The number of ether oxygens (including phenoxy) is 1. The molecule has 14 heavy (non-hydrogen) atoms. The summed E-state index contributed by atoms with van der Waals surface area (Å²) in [4.78, 5) is 0. The van der Waals surface area contributed by atoms with E-state index in [1.165, 1.54) is 5.56 Å². The lowest BCUT2D eigenvalue weighted by Gasteiger charge is -2.02. The molecule has 0 amide bonds. The molecule has 0 fully saturated rings. The molecule has 1 aromatic carbocycles. The van der Waals surface area contributed by atoms with Gasteiger partial charge in [0.25, 0.3) is 0 Å².